The molecule has 30 heavy (non-hydrogen) atoms. The molecule has 0 aliphatic carbocycles. The summed E-state index contributed by atoms with van der Waals surface area (Å²) in [4.78, 5) is 30.2. The van der Waals surface area contributed by atoms with Crippen LogP contribution in [-0.4, -0.2) is 40.5 Å². The van der Waals surface area contributed by atoms with Gasteiger partial charge >= 0.3 is 0 Å². The van der Waals surface area contributed by atoms with Crippen LogP contribution in [-0.2, 0) is 16.1 Å². The number of thioether (sulfide) groups is 1. The summed E-state index contributed by atoms with van der Waals surface area (Å²) in [7, 11) is 0. The molecule has 1 saturated heterocycles. The molecule has 1 atom stereocenters. The molecule has 2 heterocycles. The molecule has 1 aliphatic rings. The zero-order valence-electron chi connectivity index (χ0n) is 17.0. The molecule has 7 heteroatoms. The number of hydrogen-bond donors (Lipinski definition) is 1. The number of ether oxygens (including phenoxy) is 1. The van der Waals surface area contributed by atoms with E-state index in [1.54, 1.807) is 10.6 Å². The van der Waals surface area contributed by atoms with Gasteiger partial charge in [0.2, 0.25) is 5.91 Å². The first-order valence-electron chi connectivity index (χ1n) is 10.2. The third kappa shape index (κ3) is 4.91. The van der Waals surface area contributed by atoms with Gasteiger partial charge in [0, 0.05) is 13.2 Å². The van der Waals surface area contributed by atoms with E-state index in [0.29, 0.717) is 29.1 Å². The number of nitrogens with one attached hydrogen (secondary N) is 1. The van der Waals surface area contributed by atoms with Crippen molar-refractivity contribution in [2.45, 2.75) is 37.6 Å². The summed E-state index contributed by atoms with van der Waals surface area (Å²) in [6.45, 7) is 3.74. The Morgan fingerprint density at radius 3 is 2.80 bits per heavy atom. The molecule has 0 saturated carbocycles. The third-order valence-corrected chi connectivity index (χ3v) is 6.15. The van der Waals surface area contributed by atoms with Crippen LogP contribution in [0.1, 0.15) is 24.0 Å². The fourth-order valence-electron chi connectivity index (χ4n) is 3.49. The van der Waals surface area contributed by atoms with Gasteiger partial charge in [-0.25, -0.2) is 4.98 Å². The second-order valence-corrected chi connectivity index (χ2v) is 8.46. The number of aryl methyl sites for hydroxylation is 1. The second-order valence-electron chi connectivity index (χ2n) is 7.52. The van der Waals surface area contributed by atoms with Crippen LogP contribution in [0, 0.1) is 6.92 Å². The first kappa shape index (κ1) is 20.6. The monoisotopic (exact) mass is 423 g/mol. The van der Waals surface area contributed by atoms with Crippen LogP contribution in [0.4, 0.5) is 0 Å². The average Bonchev–Trinajstić information content (AvgIpc) is 3.28. The Hall–Kier alpha value is -2.64. The summed E-state index contributed by atoms with van der Waals surface area (Å²) in [5, 5.41) is 4.05. The van der Waals surface area contributed by atoms with Crippen LogP contribution in [0.25, 0.3) is 10.9 Å². The van der Waals surface area contributed by atoms with Crippen LogP contribution in [0.15, 0.2) is 58.5 Å². The van der Waals surface area contributed by atoms with Gasteiger partial charge in [0.1, 0.15) is 0 Å². The molecular formula is C23H25N3O3S. The molecule has 0 radical (unpaired) electrons. The summed E-state index contributed by atoms with van der Waals surface area (Å²) in [6.07, 6.45) is 2.13. The lowest BCUT2D eigenvalue weighted by Gasteiger charge is -2.14. The Morgan fingerprint density at radius 2 is 2.03 bits per heavy atom. The largest absolute Gasteiger partial charge is 0.376 e. The van der Waals surface area contributed by atoms with Crippen molar-refractivity contribution in [1.82, 2.24) is 14.9 Å². The van der Waals surface area contributed by atoms with Gasteiger partial charge in [-0.3, -0.25) is 14.2 Å². The van der Waals surface area contributed by atoms with E-state index in [9.17, 15) is 9.59 Å². The highest BCUT2D eigenvalue weighted by atomic mass is 32.2. The van der Waals surface area contributed by atoms with Crippen LogP contribution in [0.3, 0.4) is 0 Å². The number of amides is 1. The van der Waals surface area contributed by atoms with Gasteiger partial charge in [-0.2, -0.15) is 0 Å². The molecule has 0 unspecified atom stereocenters. The highest BCUT2D eigenvalue weighted by Crippen LogP contribution is 2.19. The molecule has 6 nitrogen and oxygen atoms in total. The fraction of sp³-hybridized carbons (Fsp3) is 0.348. The predicted octanol–water partition coefficient (Wildman–Crippen LogP) is 3.14. The topological polar surface area (TPSA) is 73.2 Å². The molecular weight excluding hydrogens is 398 g/mol. The molecule has 3 aromatic rings. The maximum absolute atomic E-state index is 13.2. The molecule has 156 valence electrons. The average molecular weight is 424 g/mol. The van der Waals surface area contributed by atoms with E-state index < -0.39 is 0 Å². The van der Waals surface area contributed by atoms with Crippen molar-refractivity contribution in [3.8, 4) is 0 Å². The number of carbonyl (C=O) groups excluding carboxylic acids is 1. The lowest BCUT2D eigenvalue weighted by Crippen LogP contribution is -2.33. The third-order valence-electron chi connectivity index (χ3n) is 5.17. The summed E-state index contributed by atoms with van der Waals surface area (Å²) in [6, 6.07) is 15.4. The zero-order chi connectivity index (χ0) is 20.9. The number of para-hydroxylation sites is 1. The van der Waals surface area contributed by atoms with E-state index in [-0.39, 0.29) is 23.3 Å². The lowest BCUT2D eigenvalue weighted by molar-refractivity contribution is -0.119. The molecule has 1 aromatic heterocycles. The quantitative estimate of drug-likeness (QED) is 0.467. The minimum Gasteiger partial charge on any atom is -0.376 e. The summed E-state index contributed by atoms with van der Waals surface area (Å²) < 4.78 is 7.20. The standard InChI is InChI=1S/C23H25N3O3S/c1-16-8-10-17(11-9-16)14-26-22(28)19-6-2-3-7-20(19)25-23(26)30-15-21(27)24-13-18-5-4-12-29-18/h2-3,6-11,18H,4-5,12-15H2,1H3,(H,24,27)/t18-/m0/s1. The summed E-state index contributed by atoms with van der Waals surface area (Å²) >= 11 is 1.29. The van der Waals surface area contributed by atoms with Crippen molar-refractivity contribution in [1.29, 1.82) is 0 Å². The van der Waals surface area contributed by atoms with Crippen molar-refractivity contribution >= 4 is 28.6 Å². The predicted molar refractivity (Wildman–Crippen MR) is 119 cm³/mol. The van der Waals surface area contributed by atoms with Crippen molar-refractivity contribution < 1.29 is 9.53 Å². The molecule has 1 fully saturated rings. The number of fused-ring (bicyclic) bond motifs is 1. The smallest absolute Gasteiger partial charge is 0.262 e. The number of benzene rings is 2. The Kier molecular flexibility index (Phi) is 6.50. The molecule has 1 aliphatic heterocycles. The van der Waals surface area contributed by atoms with Gasteiger partial charge in [0.05, 0.1) is 29.3 Å². The van der Waals surface area contributed by atoms with E-state index in [4.69, 9.17) is 4.74 Å². The lowest BCUT2D eigenvalue weighted by atomic mass is 10.1. The number of carbonyl (C=O) groups is 1. The SMILES string of the molecule is Cc1ccc(Cn2c(SCC(=O)NC[C@@H]3CCCO3)nc3ccccc3c2=O)cc1. The number of hydrogen-bond acceptors (Lipinski definition) is 5. The Balaban J connectivity index is 1.54. The van der Waals surface area contributed by atoms with E-state index in [1.807, 2.05) is 49.4 Å². The van der Waals surface area contributed by atoms with Gasteiger partial charge in [0.15, 0.2) is 5.16 Å². The minimum absolute atomic E-state index is 0.0835. The van der Waals surface area contributed by atoms with E-state index in [0.717, 1.165) is 25.0 Å². The fourth-order valence-corrected chi connectivity index (χ4v) is 4.32. The van der Waals surface area contributed by atoms with Crippen LogP contribution in [0.2, 0.25) is 0 Å². The maximum Gasteiger partial charge on any atom is 0.262 e. The number of rotatable bonds is 7. The van der Waals surface area contributed by atoms with Crippen molar-refractivity contribution in [2.24, 2.45) is 0 Å². The van der Waals surface area contributed by atoms with Gasteiger partial charge in [-0.05, 0) is 37.5 Å². The summed E-state index contributed by atoms with van der Waals surface area (Å²) in [5.41, 5.74) is 2.73. The van der Waals surface area contributed by atoms with Crippen LogP contribution in [0.5, 0.6) is 0 Å². The van der Waals surface area contributed by atoms with Gasteiger partial charge < -0.3 is 10.1 Å². The molecule has 0 bridgehead atoms. The maximum atomic E-state index is 13.2. The molecule has 1 amide bonds. The Labute approximate surface area is 179 Å². The van der Waals surface area contributed by atoms with Crippen molar-refractivity contribution in [3.05, 3.63) is 70.0 Å². The minimum atomic E-state index is -0.0940. The van der Waals surface area contributed by atoms with Gasteiger partial charge in [-0.1, -0.05) is 53.7 Å². The van der Waals surface area contributed by atoms with Gasteiger partial charge in [0.25, 0.3) is 5.56 Å². The van der Waals surface area contributed by atoms with Crippen LogP contribution < -0.4 is 10.9 Å². The molecule has 0 spiro atoms. The van der Waals surface area contributed by atoms with Crippen molar-refractivity contribution in [2.75, 3.05) is 18.9 Å². The summed E-state index contributed by atoms with van der Waals surface area (Å²) in [5.74, 6) is 0.116. The first-order valence-corrected chi connectivity index (χ1v) is 11.1. The van der Waals surface area contributed by atoms with E-state index >= 15 is 0 Å². The number of nitrogens with zero attached hydrogens (tertiary/aromatic N) is 2. The van der Waals surface area contributed by atoms with Gasteiger partial charge in [-0.15, -0.1) is 0 Å². The highest BCUT2D eigenvalue weighted by molar-refractivity contribution is 7.99. The molecule has 4 rings (SSSR count). The first-order chi connectivity index (χ1) is 14.6. The highest BCUT2D eigenvalue weighted by Gasteiger charge is 2.17. The van der Waals surface area contributed by atoms with Crippen molar-refractivity contribution in [3.63, 3.8) is 0 Å². The van der Waals surface area contributed by atoms with E-state index in [1.165, 1.54) is 17.3 Å². The zero-order valence-corrected chi connectivity index (χ0v) is 17.8. The Bertz CT molecular complexity index is 1090. The molecule has 1 N–H and O–H groups in total. The second kappa shape index (κ2) is 9.45. The van der Waals surface area contributed by atoms with Crippen LogP contribution >= 0.6 is 11.8 Å². The molecule has 2 aromatic carbocycles. The number of aromatic nitrogens is 2. The van der Waals surface area contributed by atoms with E-state index in [2.05, 4.69) is 10.3 Å². The Morgan fingerprint density at radius 1 is 1.23 bits per heavy atom. The normalized spacial score (nSPS) is 16.1.